The molecule has 0 radical (unpaired) electrons. The Morgan fingerprint density at radius 3 is 2.35 bits per heavy atom. The molecule has 1 amide bonds. The van der Waals surface area contributed by atoms with Crippen LogP contribution in [0.4, 0.5) is 4.79 Å². The lowest BCUT2D eigenvalue weighted by Crippen LogP contribution is -2.41. The van der Waals surface area contributed by atoms with Crippen LogP contribution in [0.1, 0.15) is 64.5 Å². The molecule has 3 heteroatoms. The summed E-state index contributed by atoms with van der Waals surface area (Å²) in [4.78, 5) is 13.3. The van der Waals surface area contributed by atoms with Gasteiger partial charge in [0.25, 0.3) is 0 Å². The van der Waals surface area contributed by atoms with E-state index in [1.165, 1.54) is 6.42 Å². The maximum Gasteiger partial charge on any atom is 0.408 e. The molecule has 2 unspecified atom stereocenters. The molecule has 0 aliphatic rings. The Morgan fingerprint density at radius 2 is 1.85 bits per heavy atom. The highest BCUT2D eigenvalue weighted by molar-refractivity contribution is 5.66. The van der Waals surface area contributed by atoms with Gasteiger partial charge in [-0.1, -0.05) is 63.4 Å². The van der Waals surface area contributed by atoms with E-state index >= 15 is 0 Å². The number of amides is 1. The van der Waals surface area contributed by atoms with Crippen molar-refractivity contribution in [1.29, 1.82) is 0 Å². The summed E-state index contributed by atoms with van der Waals surface area (Å²) in [5, 5.41) is 9.59. The average molecular weight is 277 g/mol. The Kier molecular flexibility index (Phi) is 7.13. The van der Waals surface area contributed by atoms with E-state index in [0.29, 0.717) is 0 Å². The predicted molar refractivity (Wildman–Crippen MR) is 82.9 cm³/mol. The van der Waals surface area contributed by atoms with Gasteiger partial charge in [0.05, 0.1) is 6.04 Å². The number of nitrogens with zero attached hydrogens (tertiary/aromatic N) is 1. The highest BCUT2D eigenvalue weighted by Crippen LogP contribution is 2.26. The molecule has 112 valence electrons. The van der Waals surface area contributed by atoms with E-state index in [9.17, 15) is 9.90 Å². The molecular weight excluding hydrogens is 250 g/mol. The fourth-order valence-corrected chi connectivity index (χ4v) is 2.70. The number of unbranched alkanes of at least 4 members (excludes halogenated alkanes) is 2. The number of hydrogen-bond donors (Lipinski definition) is 1. The highest BCUT2D eigenvalue weighted by Gasteiger charge is 2.27. The molecule has 0 heterocycles. The normalized spacial score (nSPS) is 13.8. The molecule has 0 fully saturated rings. The van der Waals surface area contributed by atoms with Crippen molar-refractivity contribution in [3.8, 4) is 0 Å². The maximum absolute atomic E-state index is 11.7. The molecule has 1 aromatic carbocycles. The number of rotatable bonds is 8. The third-order valence-electron chi connectivity index (χ3n) is 3.93. The largest absolute Gasteiger partial charge is 0.465 e. The molecule has 1 rings (SSSR count). The van der Waals surface area contributed by atoms with Crippen molar-refractivity contribution in [2.75, 3.05) is 0 Å². The van der Waals surface area contributed by atoms with Gasteiger partial charge in [0.2, 0.25) is 0 Å². The molecule has 1 aromatic rings. The minimum absolute atomic E-state index is 0.0970. The van der Waals surface area contributed by atoms with Gasteiger partial charge in [0.1, 0.15) is 0 Å². The lowest BCUT2D eigenvalue weighted by Gasteiger charge is -2.34. The van der Waals surface area contributed by atoms with Gasteiger partial charge in [-0.05, 0) is 25.3 Å². The van der Waals surface area contributed by atoms with Crippen molar-refractivity contribution in [3.63, 3.8) is 0 Å². The Hall–Kier alpha value is -1.51. The van der Waals surface area contributed by atoms with Gasteiger partial charge in [0.15, 0.2) is 0 Å². The molecule has 0 aliphatic carbocycles. The van der Waals surface area contributed by atoms with Gasteiger partial charge >= 0.3 is 6.09 Å². The lowest BCUT2D eigenvalue weighted by atomic mass is 10.00. The number of benzene rings is 1. The number of hydrogen-bond acceptors (Lipinski definition) is 1. The quantitative estimate of drug-likeness (QED) is 0.673. The Morgan fingerprint density at radius 1 is 1.20 bits per heavy atom. The summed E-state index contributed by atoms with van der Waals surface area (Å²) in [6.45, 7) is 6.22. The molecule has 0 aliphatic heterocycles. The zero-order valence-electron chi connectivity index (χ0n) is 12.9. The summed E-state index contributed by atoms with van der Waals surface area (Å²) < 4.78 is 0. The van der Waals surface area contributed by atoms with Crippen LogP contribution in [0.25, 0.3) is 0 Å². The van der Waals surface area contributed by atoms with Crippen molar-refractivity contribution in [1.82, 2.24) is 4.90 Å². The standard InChI is InChI=1S/C17H27NO2/c1-4-6-8-13-16(5-2)18(17(19)20)14(3)15-11-9-7-10-12-15/h7,9-12,14,16H,4-6,8,13H2,1-3H3,(H,19,20). The summed E-state index contributed by atoms with van der Waals surface area (Å²) in [7, 11) is 0. The molecule has 0 aromatic heterocycles. The number of carboxylic acid groups (broad SMARTS) is 1. The maximum atomic E-state index is 11.7. The van der Waals surface area contributed by atoms with Crippen molar-refractivity contribution in [2.45, 2.75) is 65.0 Å². The first-order valence-corrected chi connectivity index (χ1v) is 7.68. The van der Waals surface area contributed by atoms with Gasteiger partial charge in [-0.3, -0.25) is 4.90 Å². The minimum atomic E-state index is -0.815. The van der Waals surface area contributed by atoms with E-state index in [1.807, 2.05) is 37.3 Å². The first-order chi connectivity index (χ1) is 9.61. The fourth-order valence-electron chi connectivity index (χ4n) is 2.70. The fraction of sp³-hybridized carbons (Fsp3) is 0.588. The van der Waals surface area contributed by atoms with Crippen LogP contribution in [0, 0.1) is 0 Å². The van der Waals surface area contributed by atoms with Crippen LogP contribution in [-0.4, -0.2) is 22.1 Å². The minimum Gasteiger partial charge on any atom is -0.465 e. The van der Waals surface area contributed by atoms with Gasteiger partial charge in [-0.25, -0.2) is 4.79 Å². The second-order valence-corrected chi connectivity index (χ2v) is 5.33. The summed E-state index contributed by atoms with van der Waals surface area (Å²) >= 11 is 0. The van der Waals surface area contributed by atoms with E-state index < -0.39 is 6.09 Å². The van der Waals surface area contributed by atoms with E-state index in [2.05, 4.69) is 13.8 Å². The monoisotopic (exact) mass is 277 g/mol. The molecule has 1 N–H and O–H groups in total. The van der Waals surface area contributed by atoms with Crippen LogP contribution in [0.5, 0.6) is 0 Å². The topological polar surface area (TPSA) is 40.5 Å². The predicted octanol–water partition coefficient (Wildman–Crippen LogP) is 5.09. The van der Waals surface area contributed by atoms with Gasteiger partial charge in [-0.2, -0.15) is 0 Å². The molecule has 0 saturated carbocycles. The van der Waals surface area contributed by atoms with E-state index in [0.717, 1.165) is 31.2 Å². The lowest BCUT2D eigenvalue weighted by molar-refractivity contribution is 0.0964. The van der Waals surface area contributed by atoms with Gasteiger partial charge in [0, 0.05) is 6.04 Å². The summed E-state index contributed by atoms with van der Waals surface area (Å²) in [6, 6.07) is 9.89. The van der Waals surface area contributed by atoms with Crippen molar-refractivity contribution in [2.24, 2.45) is 0 Å². The van der Waals surface area contributed by atoms with Crippen LogP contribution in [0.3, 0.4) is 0 Å². The molecular formula is C17H27NO2. The van der Waals surface area contributed by atoms with Crippen LogP contribution in [-0.2, 0) is 0 Å². The smallest absolute Gasteiger partial charge is 0.408 e. The SMILES string of the molecule is CCCCCC(CC)N(C(=O)O)C(C)c1ccccc1. The summed E-state index contributed by atoms with van der Waals surface area (Å²) in [5.41, 5.74) is 1.06. The van der Waals surface area contributed by atoms with Crippen molar-refractivity contribution >= 4 is 6.09 Å². The third-order valence-corrected chi connectivity index (χ3v) is 3.93. The van der Waals surface area contributed by atoms with Crippen molar-refractivity contribution < 1.29 is 9.90 Å². The third kappa shape index (κ3) is 4.55. The highest BCUT2D eigenvalue weighted by atomic mass is 16.4. The second kappa shape index (κ2) is 8.62. The first-order valence-electron chi connectivity index (χ1n) is 7.68. The summed E-state index contributed by atoms with van der Waals surface area (Å²) in [5.74, 6) is 0. The van der Waals surface area contributed by atoms with Crippen LogP contribution in [0.15, 0.2) is 30.3 Å². The van der Waals surface area contributed by atoms with Crippen LogP contribution < -0.4 is 0 Å². The molecule has 3 nitrogen and oxygen atoms in total. The zero-order chi connectivity index (χ0) is 15.0. The van der Waals surface area contributed by atoms with Crippen molar-refractivity contribution in [3.05, 3.63) is 35.9 Å². The zero-order valence-corrected chi connectivity index (χ0v) is 12.9. The first kappa shape index (κ1) is 16.5. The Balaban J connectivity index is 2.83. The molecule has 20 heavy (non-hydrogen) atoms. The van der Waals surface area contributed by atoms with Crippen LogP contribution in [0.2, 0.25) is 0 Å². The second-order valence-electron chi connectivity index (χ2n) is 5.33. The van der Waals surface area contributed by atoms with Gasteiger partial charge in [-0.15, -0.1) is 0 Å². The molecule has 0 saturated heterocycles. The summed E-state index contributed by atoms with van der Waals surface area (Å²) in [6.07, 6.45) is 4.44. The average Bonchev–Trinajstić information content (AvgIpc) is 2.46. The van der Waals surface area contributed by atoms with Crippen LogP contribution >= 0.6 is 0 Å². The Labute approximate surface area is 122 Å². The number of carbonyl (C=O) groups is 1. The Bertz CT molecular complexity index is 391. The van der Waals surface area contributed by atoms with E-state index in [4.69, 9.17) is 0 Å². The van der Waals surface area contributed by atoms with E-state index in [1.54, 1.807) is 4.90 Å². The van der Waals surface area contributed by atoms with Gasteiger partial charge < -0.3 is 5.11 Å². The molecule has 2 atom stereocenters. The molecule has 0 spiro atoms. The molecule has 0 bridgehead atoms. The van der Waals surface area contributed by atoms with E-state index in [-0.39, 0.29) is 12.1 Å².